The number of hydrogen-bond donors (Lipinski definition) is 1. The molecule has 5 rings (SSSR count). The van der Waals surface area contributed by atoms with E-state index in [4.69, 9.17) is 15.2 Å². The number of rotatable bonds is 5. The molecule has 1 aromatic heterocycles. The summed E-state index contributed by atoms with van der Waals surface area (Å²) in [7, 11) is 1.66. The molecule has 1 amide bonds. The number of nitrogens with zero attached hydrogens (tertiary/aromatic N) is 3. The molecule has 1 saturated heterocycles. The molecule has 1 fully saturated rings. The van der Waals surface area contributed by atoms with Gasteiger partial charge in [-0.3, -0.25) is 4.79 Å². The van der Waals surface area contributed by atoms with Crippen molar-refractivity contribution in [1.29, 1.82) is 0 Å². The Bertz CT molecular complexity index is 1150. The van der Waals surface area contributed by atoms with Crippen molar-refractivity contribution in [2.75, 3.05) is 32.5 Å². The number of carbonyl (C=O) groups is 1. The molecule has 7 heteroatoms. The number of ether oxygens (including phenoxy) is 2. The number of piperidine rings is 1. The van der Waals surface area contributed by atoms with E-state index in [1.807, 2.05) is 47.4 Å². The highest BCUT2D eigenvalue weighted by molar-refractivity contribution is 5.94. The molecule has 0 unspecified atom stereocenters. The summed E-state index contributed by atoms with van der Waals surface area (Å²) in [4.78, 5) is 23.9. The Morgan fingerprint density at radius 3 is 2.67 bits per heavy atom. The van der Waals surface area contributed by atoms with Gasteiger partial charge in [0.25, 0.3) is 5.91 Å². The molecule has 0 saturated carbocycles. The topological polar surface area (TPSA) is 90.6 Å². The first-order chi connectivity index (χ1) is 16.1. The van der Waals surface area contributed by atoms with Gasteiger partial charge in [0, 0.05) is 43.1 Å². The molecule has 33 heavy (non-hydrogen) atoms. The summed E-state index contributed by atoms with van der Waals surface area (Å²) in [5.74, 6) is 2.39. The van der Waals surface area contributed by atoms with Gasteiger partial charge in [-0.2, -0.15) is 0 Å². The second-order valence-electron chi connectivity index (χ2n) is 8.65. The minimum Gasteiger partial charge on any atom is -0.497 e. The largest absolute Gasteiger partial charge is 0.497 e. The van der Waals surface area contributed by atoms with Crippen molar-refractivity contribution in [1.82, 2.24) is 14.9 Å². The van der Waals surface area contributed by atoms with E-state index in [-0.39, 0.29) is 11.8 Å². The third-order valence-corrected chi connectivity index (χ3v) is 6.50. The van der Waals surface area contributed by atoms with Gasteiger partial charge >= 0.3 is 0 Å². The molecule has 2 aliphatic rings. The van der Waals surface area contributed by atoms with Crippen molar-refractivity contribution in [3.8, 4) is 11.5 Å². The number of nitrogen functional groups attached to an aromatic ring is 1. The van der Waals surface area contributed by atoms with Crippen LogP contribution >= 0.6 is 0 Å². The predicted molar refractivity (Wildman–Crippen MR) is 126 cm³/mol. The zero-order valence-corrected chi connectivity index (χ0v) is 18.8. The van der Waals surface area contributed by atoms with Crippen LogP contribution in [0.3, 0.4) is 0 Å². The van der Waals surface area contributed by atoms with Crippen molar-refractivity contribution in [3.05, 3.63) is 76.6 Å². The molecular weight excluding hydrogens is 416 g/mol. The third-order valence-electron chi connectivity index (χ3n) is 6.50. The maximum atomic E-state index is 13.0. The van der Waals surface area contributed by atoms with Gasteiger partial charge in [0.1, 0.15) is 11.5 Å². The number of hydrogen-bond acceptors (Lipinski definition) is 6. The molecule has 3 heterocycles. The lowest BCUT2D eigenvalue weighted by molar-refractivity contribution is 0.0712. The first-order valence-corrected chi connectivity index (χ1v) is 11.4. The molecule has 0 aliphatic carbocycles. The quantitative estimate of drug-likeness (QED) is 0.647. The number of anilines is 1. The normalized spacial score (nSPS) is 15.7. The molecule has 2 aromatic carbocycles. The van der Waals surface area contributed by atoms with Gasteiger partial charge in [-0.1, -0.05) is 12.1 Å². The Morgan fingerprint density at radius 2 is 1.91 bits per heavy atom. The highest BCUT2D eigenvalue weighted by Gasteiger charge is 2.27. The Kier molecular flexibility index (Phi) is 5.86. The van der Waals surface area contributed by atoms with Crippen LogP contribution < -0.4 is 15.2 Å². The highest BCUT2D eigenvalue weighted by Crippen LogP contribution is 2.30. The summed E-state index contributed by atoms with van der Waals surface area (Å²) in [5.41, 5.74) is 10.9. The fourth-order valence-corrected chi connectivity index (χ4v) is 4.67. The summed E-state index contributed by atoms with van der Waals surface area (Å²) in [6.07, 6.45) is 3.27. The molecular formula is C26H28N4O3. The van der Waals surface area contributed by atoms with E-state index in [9.17, 15) is 4.79 Å². The van der Waals surface area contributed by atoms with Crippen LogP contribution in [0.15, 0.2) is 48.5 Å². The molecule has 0 radical (unpaired) electrons. The fraction of sp³-hybridized carbons (Fsp3) is 0.346. The van der Waals surface area contributed by atoms with Crippen LogP contribution in [-0.2, 0) is 12.8 Å². The summed E-state index contributed by atoms with van der Waals surface area (Å²) < 4.78 is 10.8. The van der Waals surface area contributed by atoms with Crippen LogP contribution in [0.1, 0.15) is 51.6 Å². The van der Waals surface area contributed by atoms with E-state index in [1.165, 1.54) is 0 Å². The van der Waals surface area contributed by atoms with E-state index in [0.29, 0.717) is 32.1 Å². The third kappa shape index (κ3) is 4.62. The van der Waals surface area contributed by atoms with Crippen molar-refractivity contribution in [3.63, 3.8) is 0 Å². The predicted octanol–water partition coefficient (Wildman–Crippen LogP) is 3.61. The molecule has 0 atom stereocenters. The van der Waals surface area contributed by atoms with Crippen LogP contribution in [0.25, 0.3) is 0 Å². The summed E-state index contributed by atoms with van der Waals surface area (Å²) in [5, 5.41) is 0. The average molecular weight is 445 g/mol. The lowest BCUT2D eigenvalue weighted by Gasteiger charge is -2.32. The average Bonchev–Trinajstić information content (AvgIpc) is 3.32. The number of benzene rings is 2. The van der Waals surface area contributed by atoms with Gasteiger partial charge in [0.2, 0.25) is 5.95 Å². The van der Waals surface area contributed by atoms with E-state index in [2.05, 4.69) is 16.0 Å². The van der Waals surface area contributed by atoms with E-state index < -0.39 is 0 Å². The molecule has 0 bridgehead atoms. The summed E-state index contributed by atoms with van der Waals surface area (Å²) >= 11 is 0. The lowest BCUT2D eigenvalue weighted by Crippen LogP contribution is -2.38. The zero-order chi connectivity index (χ0) is 22.8. The minimum absolute atomic E-state index is 0.0885. The van der Waals surface area contributed by atoms with Crippen molar-refractivity contribution >= 4 is 11.9 Å². The monoisotopic (exact) mass is 444 g/mol. The molecule has 2 N–H and O–H groups in total. The van der Waals surface area contributed by atoms with Crippen LogP contribution in [0, 0.1) is 0 Å². The molecule has 170 valence electrons. The lowest BCUT2D eigenvalue weighted by atomic mass is 9.92. The standard InChI is InChI=1S/C26H28N4O3/c1-32-22-5-2-17(3-6-22)14-21-16-23(29-26(27)28-21)18-8-11-30(12-9-18)25(31)20-4-7-24-19(15-20)10-13-33-24/h2-7,15-16,18H,8-14H2,1H3,(H2,27,28,29). The Balaban J connectivity index is 1.24. The second kappa shape index (κ2) is 9.10. The second-order valence-corrected chi connectivity index (χ2v) is 8.65. The van der Waals surface area contributed by atoms with Crippen molar-refractivity contribution in [2.45, 2.75) is 31.6 Å². The number of nitrogens with two attached hydrogens (primary N) is 1. The van der Waals surface area contributed by atoms with E-state index >= 15 is 0 Å². The van der Waals surface area contributed by atoms with Crippen molar-refractivity contribution < 1.29 is 14.3 Å². The van der Waals surface area contributed by atoms with Crippen LogP contribution in [-0.4, -0.2) is 47.6 Å². The summed E-state index contributed by atoms with van der Waals surface area (Å²) in [6, 6.07) is 15.8. The van der Waals surface area contributed by atoms with Gasteiger partial charge in [-0.15, -0.1) is 0 Å². The van der Waals surface area contributed by atoms with Crippen LogP contribution in [0.4, 0.5) is 5.95 Å². The Morgan fingerprint density at radius 1 is 1.12 bits per heavy atom. The van der Waals surface area contributed by atoms with E-state index in [0.717, 1.165) is 58.8 Å². The molecule has 7 nitrogen and oxygen atoms in total. The maximum absolute atomic E-state index is 13.0. The van der Waals surface area contributed by atoms with Crippen molar-refractivity contribution in [2.24, 2.45) is 0 Å². The minimum atomic E-state index is 0.0885. The molecule has 0 spiro atoms. The van der Waals surface area contributed by atoms with Gasteiger partial charge in [0.05, 0.1) is 19.4 Å². The number of methoxy groups -OCH3 is 1. The fourth-order valence-electron chi connectivity index (χ4n) is 4.67. The molecule has 3 aromatic rings. The molecule has 2 aliphatic heterocycles. The maximum Gasteiger partial charge on any atom is 0.253 e. The Hall–Kier alpha value is -3.61. The van der Waals surface area contributed by atoms with E-state index in [1.54, 1.807) is 7.11 Å². The van der Waals surface area contributed by atoms with Crippen LogP contribution in [0.5, 0.6) is 11.5 Å². The highest BCUT2D eigenvalue weighted by atomic mass is 16.5. The summed E-state index contributed by atoms with van der Waals surface area (Å²) in [6.45, 7) is 2.10. The Labute approximate surface area is 193 Å². The van der Waals surface area contributed by atoms with Gasteiger partial charge in [-0.25, -0.2) is 9.97 Å². The van der Waals surface area contributed by atoms with Gasteiger partial charge < -0.3 is 20.1 Å². The van der Waals surface area contributed by atoms with Crippen LogP contribution in [0.2, 0.25) is 0 Å². The van der Waals surface area contributed by atoms with Gasteiger partial charge in [-0.05, 0) is 60.4 Å². The first kappa shape index (κ1) is 21.2. The zero-order valence-electron chi connectivity index (χ0n) is 18.8. The van der Waals surface area contributed by atoms with Gasteiger partial charge in [0.15, 0.2) is 0 Å². The number of fused-ring (bicyclic) bond motifs is 1. The number of amides is 1. The smallest absolute Gasteiger partial charge is 0.253 e. The number of carbonyl (C=O) groups excluding carboxylic acids is 1. The first-order valence-electron chi connectivity index (χ1n) is 11.4. The number of aromatic nitrogens is 2. The SMILES string of the molecule is COc1ccc(Cc2cc(C3CCN(C(=O)c4ccc5c(c4)CCO5)CC3)nc(N)n2)cc1. The number of likely N-dealkylation sites (tertiary alicyclic amines) is 1.